The lowest BCUT2D eigenvalue weighted by Gasteiger charge is -2.13. The first-order chi connectivity index (χ1) is 13.3. The highest BCUT2D eigenvalue weighted by Crippen LogP contribution is 2.24. The zero-order valence-electron chi connectivity index (χ0n) is 15.4. The van der Waals surface area contributed by atoms with Gasteiger partial charge in [-0.1, -0.05) is 12.8 Å². The summed E-state index contributed by atoms with van der Waals surface area (Å²) in [5, 5.41) is 11.7. The molecule has 27 heavy (non-hydrogen) atoms. The summed E-state index contributed by atoms with van der Waals surface area (Å²) in [7, 11) is 0. The topological polar surface area (TPSA) is 73.0 Å². The fraction of sp³-hybridized carbons (Fsp3) is 0.381. The highest BCUT2D eigenvalue weighted by atomic mass is 16.3. The molecule has 2 aromatic heterocycles. The molecule has 0 spiro atoms. The molecule has 0 fully saturated rings. The van der Waals surface area contributed by atoms with Crippen LogP contribution in [0.4, 0.5) is 5.69 Å². The molecule has 0 saturated heterocycles. The summed E-state index contributed by atoms with van der Waals surface area (Å²) in [4.78, 5) is 12.1. The number of nitrogens with one attached hydrogen (secondary N) is 1. The average Bonchev–Trinajstić information content (AvgIpc) is 3.30. The molecule has 3 aromatic rings. The third kappa shape index (κ3) is 4.27. The molecule has 0 saturated carbocycles. The van der Waals surface area contributed by atoms with Crippen molar-refractivity contribution in [2.45, 2.75) is 51.5 Å². The predicted octanol–water partition coefficient (Wildman–Crippen LogP) is 4.23. The minimum absolute atomic E-state index is 0.0215. The molecule has 0 atom stereocenters. The van der Waals surface area contributed by atoms with Gasteiger partial charge in [0.05, 0.1) is 6.26 Å². The Bertz CT molecular complexity index is 882. The van der Waals surface area contributed by atoms with E-state index in [1.807, 2.05) is 36.4 Å². The minimum Gasteiger partial charge on any atom is -0.469 e. The van der Waals surface area contributed by atoms with Gasteiger partial charge >= 0.3 is 0 Å². The molecule has 1 aliphatic heterocycles. The van der Waals surface area contributed by atoms with E-state index in [1.165, 1.54) is 25.7 Å². The summed E-state index contributed by atoms with van der Waals surface area (Å²) >= 11 is 0. The Hall–Kier alpha value is -2.89. The maximum absolute atomic E-state index is 12.1. The molecule has 0 radical (unpaired) electrons. The highest BCUT2D eigenvalue weighted by Gasteiger charge is 2.15. The average molecular weight is 364 g/mol. The summed E-state index contributed by atoms with van der Waals surface area (Å²) in [5.74, 6) is 2.80. The summed E-state index contributed by atoms with van der Waals surface area (Å²) in [5.41, 5.74) is 1.82. The lowest BCUT2D eigenvalue weighted by Crippen LogP contribution is -2.12. The molecule has 140 valence electrons. The van der Waals surface area contributed by atoms with Crippen molar-refractivity contribution in [1.29, 1.82) is 0 Å². The van der Waals surface area contributed by atoms with Crippen LogP contribution in [0.2, 0.25) is 0 Å². The number of hydrogen-bond acceptors (Lipinski definition) is 4. The van der Waals surface area contributed by atoms with E-state index in [2.05, 4.69) is 20.1 Å². The minimum atomic E-state index is -0.0215. The van der Waals surface area contributed by atoms with Gasteiger partial charge in [-0.05, 0) is 49.2 Å². The van der Waals surface area contributed by atoms with Crippen molar-refractivity contribution in [3.05, 3.63) is 54.2 Å². The van der Waals surface area contributed by atoms with E-state index in [0.717, 1.165) is 41.6 Å². The van der Waals surface area contributed by atoms with Crippen LogP contribution in [0, 0.1) is 0 Å². The van der Waals surface area contributed by atoms with Gasteiger partial charge in [0, 0.05) is 37.1 Å². The Balaban J connectivity index is 1.41. The Morgan fingerprint density at radius 1 is 1.07 bits per heavy atom. The molecule has 1 N–H and O–H groups in total. The van der Waals surface area contributed by atoms with Crippen molar-refractivity contribution in [2.75, 3.05) is 5.32 Å². The molecule has 0 bridgehead atoms. The van der Waals surface area contributed by atoms with Gasteiger partial charge in [0.25, 0.3) is 0 Å². The number of furan rings is 1. The van der Waals surface area contributed by atoms with E-state index in [4.69, 9.17) is 4.42 Å². The smallest absolute Gasteiger partial charge is 0.224 e. The predicted molar refractivity (Wildman–Crippen MR) is 103 cm³/mol. The number of fused-ring (bicyclic) bond motifs is 1. The number of carbonyl (C=O) groups is 1. The molecule has 1 amide bonds. The van der Waals surface area contributed by atoms with Gasteiger partial charge in [-0.3, -0.25) is 4.79 Å². The zero-order chi connectivity index (χ0) is 18.5. The number of benzene rings is 1. The SMILES string of the molecule is O=C(CCc1ccco1)Nc1ccc(-c2nnc3n2CCCCCC3)cc1. The second-order valence-electron chi connectivity index (χ2n) is 6.96. The van der Waals surface area contributed by atoms with Crippen molar-refractivity contribution in [1.82, 2.24) is 14.8 Å². The third-order valence-corrected chi connectivity index (χ3v) is 4.96. The van der Waals surface area contributed by atoms with Crippen LogP contribution in [-0.2, 0) is 24.2 Å². The van der Waals surface area contributed by atoms with Crippen LogP contribution in [0.5, 0.6) is 0 Å². The number of hydrogen-bond donors (Lipinski definition) is 1. The first-order valence-electron chi connectivity index (χ1n) is 9.64. The lowest BCUT2D eigenvalue weighted by atomic mass is 10.1. The molecule has 4 rings (SSSR count). The lowest BCUT2D eigenvalue weighted by molar-refractivity contribution is -0.116. The van der Waals surface area contributed by atoms with Crippen LogP contribution in [0.3, 0.4) is 0 Å². The molecular weight excluding hydrogens is 340 g/mol. The normalized spacial score (nSPS) is 14.2. The fourth-order valence-corrected chi connectivity index (χ4v) is 3.49. The highest BCUT2D eigenvalue weighted by molar-refractivity contribution is 5.91. The fourth-order valence-electron chi connectivity index (χ4n) is 3.49. The van der Waals surface area contributed by atoms with Crippen LogP contribution >= 0.6 is 0 Å². The molecule has 1 aliphatic rings. The van der Waals surface area contributed by atoms with Crippen LogP contribution in [0.15, 0.2) is 47.1 Å². The Morgan fingerprint density at radius 2 is 1.93 bits per heavy atom. The summed E-state index contributed by atoms with van der Waals surface area (Å²) in [6, 6.07) is 11.6. The molecule has 1 aromatic carbocycles. The number of amides is 1. The summed E-state index contributed by atoms with van der Waals surface area (Å²) in [6.45, 7) is 0.975. The molecule has 6 heteroatoms. The van der Waals surface area contributed by atoms with E-state index < -0.39 is 0 Å². The monoisotopic (exact) mass is 364 g/mol. The number of aromatic nitrogens is 3. The van der Waals surface area contributed by atoms with Crippen molar-refractivity contribution < 1.29 is 9.21 Å². The van der Waals surface area contributed by atoms with Gasteiger partial charge in [-0.2, -0.15) is 0 Å². The zero-order valence-corrected chi connectivity index (χ0v) is 15.4. The Kier molecular flexibility index (Phi) is 5.32. The van der Waals surface area contributed by atoms with E-state index in [1.54, 1.807) is 6.26 Å². The number of rotatable bonds is 5. The van der Waals surface area contributed by atoms with Gasteiger partial charge in [-0.25, -0.2) is 0 Å². The van der Waals surface area contributed by atoms with Crippen molar-refractivity contribution in [3.8, 4) is 11.4 Å². The standard InChI is InChI=1S/C21H24N4O2/c26-20(13-12-18-6-5-15-27-18)22-17-10-8-16(9-11-17)21-24-23-19-7-3-1-2-4-14-25(19)21/h5-6,8-11,15H,1-4,7,12-14H2,(H,22,26). The van der Waals surface area contributed by atoms with Gasteiger partial charge in [-0.15, -0.1) is 10.2 Å². The first-order valence-corrected chi connectivity index (χ1v) is 9.64. The van der Waals surface area contributed by atoms with E-state index in [0.29, 0.717) is 12.8 Å². The maximum Gasteiger partial charge on any atom is 0.224 e. The van der Waals surface area contributed by atoms with Crippen molar-refractivity contribution >= 4 is 11.6 Å². The maximum atomic E-state index is 12.1. The number of nitrogens with zero attached hydrogens (tertiary/aromatic N) is 3. The number of aryl methyl sites for hydroxylation is 2. The van der Waals surface area contributed by atoms with E-state index in [9.17, 15) is 4.79 Å². The molecule has 3 heterocycles. The van der Waals surface area contributed by atoms with Crippen LogP contribution in [0.1, 0.15) is 43.7 Å². The van der Waals surface area contributed by atoms with Crippen LogP contribution in [0.25, 0.3) is 11.4 Å². The molecule has 6 nitrogen and oxygen atoms in total. The summed E-state index contributed by atoms with van der Waals surface area (Å²) in [6.07, 6.45) is 8.50. The second-order valence-corrected chi connectivity index (χ2v) is 6.96. The third-order valence-electron chi connectivity index (χ3n) is 4.96. The van der Waals surface area contributed by atoms with Crippen LogP contribution in [-0.4, -0.2) is 20.7 Å². The van der Waals surface area contributed by atoms with Crippen molar-refractivity contribution in [2.24, 2.45) is 0 Å². The second kappa shape index (κ2) is 8.20. The van der Waals surface area contributed by atoms with Gasteiger partial charge in [0.2, 0.25) is 5.91 Å². The summed E-state index contributed by atoms with van der Waals surface area (Å²) < 4.78 is 7.50. The van der Waals surface area contributed by atoms with Gasteiger partial charge in [0.1, 0.15) is 11.6 Å². The number of carbonyl (C=O) groups excluding carboxylic acids is 1. The molecular formula is C21H24N4O2. The van der Waals surface area contributed by atoms with E-state index >= 15 is 0 Å². The van der Waals surface area contributed by atoms with Gasteiger partial charge in [0.15, 0.2) is 5.82 Å². The largest absolute Gasteiger partial charge is 0.469 e. The number of anilines is 1. The molecule has 0 unspecified atom stereocenters. The van der Waals surface area contributed by atoms with Crippen molar-refractivity contribution in [3.63, 3.8) is 0 Å². The van der Waals surface area contributed by atoms with Crippen LogP contribution < -0.4 is 5.32 Å². The Labute approximate surface area is 158 Å². The van der Waals surface area contributed by atoms with E-state index in [-0.39, 0.29) is 5.91 Å². The van der Waals surface area contributed by atoms with Gasteiger partial charge < -0.3 is 14.3 Å². The Morgan fingerprint density at radius 3 is 2.74 bits per heavy atom. The molecule has 0 aliphatic carbocycles. The quantitative estimate of drug-likeness (QED) is 0.735. The first kappa shape index (κ1) is 17.5.